The largest absolute Gasteiger partial charge is 0.378 e. The van der Waals surface area contributed by atoms with Crippen LogP contribution in [0.25, 0.3) is 22.2 Å². The Balaban J connectivity index is 1.54. The number of benzene rings is 3. The zero-order valence-electron chi connectivity index (χ0n) is 20.0. The minimum Gasteiger partial charge on any atom is -0.378 e. The highest BCUT2D eigenvalue weighted by Crippen LogP contribution is 2.46. The summed E-state index contributed by atoms with van der Waals surface area (Å²) in [5.74, 6) is -0.554. The van der Waals surface area contributed by atoms with Crippen molar-refractivity contribution in [3.8, 4) is 11.3 Å². The summed E-state index contributed by atoms with van der Waals surface area (Å²) in [5.41, 5.74) is 5.17. The maximum atomic E-state index is 13.8. The van der Waals surface area contributed by atoms with Crippen molar-refractivity contribution in [1.82, 2.24) is 14.4 Å². The fraction of sp³-hybridized carbons (Fsp3) is 0.241. The van der Waals surface area contributed by atoms with E-state index in [0.717, 1.165) is 33.3 Å². The predicted molar refractivity (Wildman–Crippen MR) is 135 cm³/mol. The van der Waals surface area contributed by atoms with Gasteiger partial charge in [0.05, 0.1) is 24.9 Å². The molecule has 2 aliphatic heterocycles. The van der Waals surface area contributed by atoms with Crippen molar-refractivity contribution < 1.29 is 18.7 Å². The first-order valence-electron chi connectivity index (χ1n) is 12.1. The number of hydrogen-bond acceptors (Lipinski definition) is 3. The average Bonchev–Trinajstić information content (AvgIpc) is 3.36. The highest BCUT2D eigenvalue weighted by molar-refractivity contribution is 6.03. The van der Waals surface area contributed by atoms with E-state index in [1.807, 2.05) is 55.6 Å². The fourth-order valence-corrected chi connectivity index (χ4v) is 5.56. The molecule has 6 nitrogen and oxygen atoms in total. The van der Waals surface area contributed by atoms with Crippen molar-refractivity contribution in [1.29, 1.82) is 0 Å². The lowest BCUT2D eigenvalue weighted by Gasteiger charge is -2.31. The van der Waals surface area contributed by atoms with Crippen LogP contribution in [-0.4, -0.2) is 59.0 Å². The number of fused-ring (bicyclic) bond motifs is 2. The van der Waals surface area contributed by atoms with Crippen LogP contribution in [0.5, 0.6) is 0 Å². The average molecular weight is 484 g/mol. The first-order chi connectivity index (χ1) is 17.5. The molecular weight excluding hydrogens is 457 g/mol. The van der Waals surface area contributed by atoms with E-state index in [1.165, 1.54) is 12.1 Å². The van der Waals surface area contributed by atoms with Gasteiger partial charge in [-0.15, -0.1) is 0 Å². The van der Waals surface area contributed by atoms with Crippen LogP contribution < -0.4 is 0 Å². The summed E-state index contributed by atoms with van der Waals surface area (Å²) < 4.78 is 21.3. The number of rotatable bonds is 4. The van der Waals surface area contributed by atoms with Crippen LogP contribution in [0.1, 0.15) is 27.5 Å². The maximum absolute atomic E-state index is 13.8. The molecule has 6 rings (SSSR count). The van der Waals surface area contributed by atoms with Crippen LogP contribution in [0.2, 0.25) is 0 Å². The summed E-state index contributed by atoms with van der Waals surface area (Å²) in [6.07, 6.45) is 0. The van der Waals surface area contributed by atoms with Gasteiger partial charge in [0.15, 0.2) is 0 Å². The van der Waals surface area contributed by atoms with Gasteiger partial charge in [0, 0.05) is 42.2 Å². The SMILES string of the molecule is Cn1c(-c2ccc(F)cc2)c([C@H]2c3ccccc3C(=O)N2CC(=O)N2CCOCC2)c2ccccc21. The first kappa shape index (κ1) is 22.5. The molecule has 0 spiro atoms. The van der Waals surface area contributed by atoms with E-state index in [2.05, 4.69) is 4.57 Å². The van der Waals surface area contributed by atoms with E-state index < -0.39 is 6.04 Å². The smallest absolute Gasteiger partial charge is 0.255 e. The van der Waals surface area contributed by atoms with Crippen LogP contribution in [0, 0.1) is 5.82 Å². The fourth-order valence-electron chi connectivity index (χ4n) is 5.56. The molecule has 2 amide bonds. The van der Waals surface area contributed by atoms with Gasteiger partial charge in [0.2, 0.25) is 5.91 Å². The Bertz CT molecular complexity index is 1470. The zero-order chi connectivity index (χ0) is 24.8. The lowest BCUT2D eigenvalue weighted by molar-refractivity contribution is -0.136. The summed E-state index contributed by atoms with van der Waals surface area (Å²) in [6, 6.07) is 21.6. The second-order valence-electron chi connectivity index (χ2n) is 9.26. The van der Waals surface area contributed by atoms with Crippen molar-refractivity contribution in [2.24, 2.45) is 7.05 Å². The second-order valence-corrected chi connectivity index (χ2v) is 9.26. The third kappa shape index (κ3) is 3.58. The highest BCUT2D eigenvalue weighted by atomic mass is 19.1. The van der Waals surface area contributed by atoms with Crippen molar-refractivity contribution >= 4 is 22.7 Å². The molecule has 1 fully saturated rings. The molecule has 7 heteroatoms. The summed E-state index contributed by atoms with van der Waals surface area (Å²) in [4.78, 5) is 30.5. The molecular formula is C29H26FN3O3. The number of halogens is 1. The Kier molecular flexibility index (Phi) is 5.57. The van der Waals surface area contributed by atoms with Gasteiger partial charge in [-0.2, -0.15) is 0 Å². The molecule has 3 aromatic carbocycles. The second kappa shape index (κ2) is 8.91. The third-order valence-corrected chi connectivity index (χ3v) is 7.26. The van der Waals surface area contributed by atoms with E-state index in [9.17, 15) is 14.0 Å². The molecule has 0 N–H and O–H groups in total. The number of aryl methyl sites for hydroxylation is 1. The molecule has 0 bridgehead atoms. The Morgan fingerprint density at radius 3 is 2.44 bits per heavy atom. The Labute approximate surface area is 208 Å². The lowest BCUT2D eigenvalue weighted by atomic mass is 9.93. The minimum atomic E-state index is -0.454. The monoisotopic (exact) mass is 483 g/mol. The third-order valence-electron chi connectivity index (χ3n) is 7.26. The quantitative estimate of drug-likeness (QED) is 0.433. The van der Waals surface area contributed by atoms with Gasteiger partial charge >= 0.3 is 0 Å². The topological polar surface area (TPSA) is 54.8 Å². The molecule has 0 aliphatic carbocycles. The van der Waals surface area contributed by atoms with Crippen molar-refractivity contribution in [2.75, 3.05) is 32.8 Å². The number of aromatic nitrogens is 1. The van der Waals surface area contributed by atoms with Crippen LogP contribution in [0.15, 0.2) is 72.8 Å². The molecule has 0 unspecified atom stereocenters. The lowest BCUT2D eigenvalue weighted by Crippen LogP contribution is -2.46. The number of hydrogen-bond donors (Lipinski definition) is 0. The van der Waals surface area contributed by atoms with Crippen LogP contribution in [-0.2, 0) is 16.6 Å². The number of morpholine rings is 1. The number of para-hydroxylation sites is 1. The van der Waals surface area contributed by atoms with E-state index in [-0.39, 0.29) is 24.2 Å². The summed E-state index contributed by atoms with van der Waals surface area (Å²) >= 11 is 0. The maximum Gasteiger partial charge on any atom is 0.255 e. The van der Waals surface area contributed by atoms with Gasteiger partial charge in [-0.05, 0) is 47.5 Å². The number of carbonyl (C=O) groups is 2. The minimum absolute atomic E-state index is 0.0236. The molecule has 2 aliphatic rings. The Hall–Kier alpha value is -3.97. The molecule has 4 aromatic rings. The number of nitrogens with zero attached hydrogens (tertiary/aromatic N) is 3. The van der Waals surface area contributed by atoms with E-state index in [4.69, 9.17) is 4.74 Å². The van der Waals surface area contributed by atoms with Gasteiger partial charge in [0.1, 0.15) is 12.4 Å². The first-order valence-corrected chi connectivity index (χ1v) is 12.1. The van der Waals surface area contributed by atoms with E-state index in [1.54, 1.807) is 21.9 Å². The van der Waals surface area contributed by atoms with Crippen LogP contribution in [0.3, 0.4) is 0 Å². The molecule has 1 atom stereocenters. The van der Waals surface area contributed by atoms with E-state index >= 15 is 0 Å². The molecule has 36 heavy (non-hydrogen) atoms. The van der Waals surface area contributed by atoms with Gasteiger partial charge in [-0.3, -0.25) is 9.59 Å². The molecule has 1 saturated heterocycles. The normalized spacial score (nSPS) is 17.6. The zero-order valence-corrected chi connectivity index (χ0v) is 20.0. The molecule has 0 radical (unpaired) electrons. The Morgan fingerprint density at radius 2 is 1.67 bits per heavy atom. The molecule has 1 aromatic heterocycles. The molecule has 182 valence electrons. The molecule has 3 heterocycles. The van der Waals surface area contributed by atoms with Crippen molar-refractivity contribution in [2.45, 2.75) is 6.04 Å². The van der Waals surface area contributed by atoms with Gasteiger partial charge in [-0.25, -0.2) is 4.39 Å². The summed E-state index contributed by atoms with van der Waals surface area (Å²) in [7, 11) is 1.98. The van der Waals surface area contributed by atoms with Crippen LogP contribution >= 0.6 is 0 Å². The van der Waals surface area contributed by atoms with E-state index in [0.29, 0.717) is 31.9 Å². The molecule has 0 saturated carbocycles. The number of amides is 2. The standard InChI is InChI=1S/C29H26FN3O3/c1-31-24-9-5-4-8-23(24)26(27(31)19-10-12-20(30)13-11-19)28-21-6-2-3-7-22(21)29(35)33(28)18-25(34)32-14-16-36-17-15-32/h2-13,28H,14-18H2,1H3/t28-/m1/s1. The number of ether oxygens (including phenoxy) is 1. The Morgan fingerprint density at radius 1 is 0.972 bits per heavy atom. The number of carbonyl (C=O) groups excluding carboxylic acids is 2. The van der Waals surface area contributed by atoms with Crippen molar-refractivity contribution in [3.05, 3.63) is 95.3 Å². The van der Waals surface area contributed by atoms with Gasteiger partial charge in [0.25, 0.3) is 5.91 Å². The summed E-state index contributed by atoms with van der Waals surface area (Å²) in [6.45, 7) is 2.02. The van der Waals surface area contributed by atoms with Crippen LogP contribution in [0.4, 0.5) is 4.39 Å². The van der Waals surface area contributed by atoms with Gasteiger partial charge < -0.3 is 19.1 Å². The van der Waals surface area contributed by atoms with Gasteiger partial charge in [-0.1, -0.05) is 36.4 Å². The van der Waals surface area contributed by atoms with Crippen molar-refractivity contribution in [3.63, 3.8) is 0 Å². The summed E-state index contributed by atoms with van der Waals surface area (Å²) in [5, 5.41) is 0.998. The highest BCUT2D eigenvalue weighted by Gasteiger charge is 2.42. The predicted octanol–water partition coefficient (Wildman–Crippen LogP) is 4.39.